The third kappa shape index (κ3) is 3.13. The first-order valence-electron chi connectivity index (χ1n) is 5.83. The van der Waals surface area contributed by atoms with Crippen molar-refractivity contribution in [2.45, 2.75) is 6.42 Å². The van der Waals surface area contributed by atoms with Gasteiger partial charge in [0.05, 0.1) is 0 Å². The molecular formula is C12H16N4O2. The van der Waals surface area contributed by atoms with E-state index in [1.807, 2.05) is 0 Å². The van der Waals surface area contributed by atoms with Crippen LogP contribution in [0.25, 0.3) is 0 Å². The Morgan fingerprint density at radius 2 is 2.28 bits per heavy atom. The zero-order valence-electron chi connectivity index (χ0n) is 9.98. The summed E-state index contributed by atoms with van der Waals surface area (Å²) < 4.78 is 0. The molecule has 1 aromatic carbocycles. The van der Waals surface area contributed by atoms with E-state index >= 15 is 0 Å². The van der Waals surface area contributed by atoms with Crippen LogP contribution in [-0.2, 0) is 4.79 Å². The first-order chi connectivity index (χ1) is 8.65. The number of carbonyl (C=O) groups is 2. The van der Waals surface area contributed by atoms with E-state index in [1.54, 1.807) is 24.3 Å². The molecule has 0 saturated carbocycles. The molecule has 1 saturated heterocycles. The monoisotopic (exact) mass is 248 g/mol. The van der Waals surface area contributed by atoms with E-state index in [4.69, 9.17) is 5.73 Å². The molecule has 0 atom stereocenters. The van der Waals surface area contributed by atoms with Crippen molar-refractivity contribution < 1.29 is 9.59 Å². The number of urea groups is 1. The van der Waals surface area contributed by atoms with Crippen LogP contribution in [-0.4, -0.2) is 36.5 Å². The molecule has 1 fully saturated rings. The number of carbonyl (C=O) groups excluding carboxylic acids is 2. The molecule has 1 heterocycles. The van der Waals surface area contributed by atoms with Crippen LogP contribution >= 0.6 is 0 Å². The lowest BCUT2D eigenvalue weighted by molar-refractivity contribution is -0.120. The second-order valence-electron chi connectivity index (χ2n) is 4.18. The summed E-state index contributed by atoms with van der Waals surface area (Å²) in [4.78, 5) is 24.8. The number of anilines is 2. The highest BCUT2D eigenvalue weighted by molar-refractivity contribution is 5.92. The molecule has 96 valence electrons. The van der Waals surface area contributed by atoms with Crippen molar-refractivity contribution in [2.24, 2.45) is 0 Å². The fourth-order valence-corrected chi connectivity index (χ4v) is 1.80. The maximum atomic E-state index is 12.0. The number of amides is 3. The van der Waals surface area contributed by atoms with Crippen LogP contribution in [0.1, 0.15) is 6.42 Å². The van der Waals surface area contributed by atoms with E-state index in [0.29, 0.717) is 24.5 Å². The smallest absolute Gasteiger partial charge is 0.322 e. The highest BCUT2D eigenvalue weighted by Gasteiger charge is 2.19. The molecule has 1 aromatic rings. The Kier molecular flexibility index (Phi) is 3.66. The molecule has 0 aromatic heterocycles. The number of nitrogens with zero attached hydrogens (tertiary/aromatic N) is 1. The second kappa shape index (κ2) is 5.39. The largest absolute Gasteiger partial charge is 0.399 e. The van der Waals surface area contributed by atoms with E-state index in [-0.39, 0.29) is 18.5 Å². The average molecular weight is 248 g/mol. The summed E-state index contributed by atoms with van der Waals surface area (Å²) in [5.74, 6) is -0.129. The van der Waals surface area contributed by atoms with Crippen molar-refractivity contribution in [2.75, 3.05) is 30.7 Å². The number of hydrogen-bond acceptors (Lipinski definition) is 3. The number of rotatable bonds is 1. The molecular weight excluding hydrogens is 232 g/mol. The summed E-state index contributed by atoms with van der Waals surface area (Å²) in [7, 11) is 0. The van der Waals surface area contributed by atoms with Gasteiger partial charge >= 0.3 is 6.03 Å². The molecule has 1 aliphatic rings. The summed E-state index contributed by atoms with van der Waals surface area (Å²) in [6.07, 6.45) is 0.760. The third-order valence-corrected chi connectivity index (χ3v) is 2.69. The van der Waals surface area contributed by atoms with E-state index in [0.717, 1.165) is 6.42 Å². The van der Waals surface area contributed by atoms with Gasteiger partial charge in [-0.1, -0.05) is 6.07 Å². The molecule has 18 heavy (non-hydrogen) atoms. The molecule has 6 nitrogen and oxygen atoms in total. The number of nitrogens with one attached hydrogen (secondary N) is 2. The lowest BCUT2D eigenvalue weighted by Gasteiger charge is -2.19. The number of benzene rings is 1. The minimum Gasteiger partial charge on any atom is -0.399 e. The van der Waals surface area contributed by atoms with Crippen LogP contribution in [0.5, 0.6) is 0 Å². The van der Waals surface area contributed by atoms with Crippen LogP contribution in [0, 0.1) is 0 Å². The van der Waals surface area contributed by atoms with Crippen LogP contribution in [0.4, 0.5) is 16.2 Å². The van der Waals surface area contributed by atoms with Crippen LogP contribution < -0.4 is 16.4 Å². The van der Waals surface area contributed by atoms with Crippen molar-refractivity contribution >= 4 is 23.3 Å². The molecule has 0 unspecified atom stereocenters. The Labute approximate surface area is 105 Å². The highest BCUT2D eigenvalue weighted by atomic mass is 16.2. The Morgan fingerprint density at radius 3 is 3.06 bits per heavy atom. The van der Waals surface area contributed by atoms with Gasteiger partial charge in [-0.3, -0.25) is 4.79 Å². The zero-order chi connectivity index (χ0) is 13.0. The average Bonchev–Trinajstić information content (AvgIpc) is 2.54. The Hall–Kier alpha value is -2.24. The van der Waals surface area contributed by atoms with Crippen LogP contribution in [0.3, 0.4) is 0 Å². The summed E-state index contributed by atoms with van der Waals surface area (Å²) in [5.41, 5.74) is 6.84. The van der Waals surface area contributed by atoms with Crippen LogP contribution in [0.2, 0.25) is 0 Å². The maximum absolute atomic E-state index is 12.0. The molecule has 1 aliphatic heterocycles. The predicted octanol–water partition coefficient (Wildman–Crippen LogP) is 0.623. The third-order valence-electron chi connectivity index (χ3n) is 2.69. The molecule has 4 N–H and O–H groups in total. The Bertz CT molecular complexity index is 461. The molecule has 0 bridgehead atoms. The SMILES string of the molecule is Nc1cccc(NC(=O)N2CCCNC(=O)C2)c1. The van der Waals surface area contributed by atoms with Gasteiger partial charge in [-0.15, -0.1) is 0 Å². The standard InChI is InChI=1S/C12H16N4O2/c13-9-3-1-4-10(7-9)15-12(18)16-6-2-5-14-11(17)8-16/h1,3-4,7H,2,5-6,8,13H2,(H,14,17)(H,15,18). The summed E-state index contributed by atoms with van der Waals surface area (Å²) in [5, 5.41) is 5.45. The molecule has 6 heteroatoms. The predicted molar refractivity (Wildman–Crippen MR) is 69.1 cm³/mol. The minimum atomic E-state index is -0.280. The van der Waals surface area contributed by atoms with Crippen molar-refractivity contribution in [3.05, 3.63) is 24.3 Å². The molecule has 0 radical (unpaired) electrons. The summed E-state index contributed by atoms with van der Waals surface area (Å²) in [6.45, 7) is 1.27. The molecule has 0 aliphatic carbocycles. The van der Waals surface area contributed by atoms with Crippen molar-refractivity contribution in [3.63, 3.8) is 0 Å². The van der Waals surface area contributed by atoms with Crippen molar-refractivity contribution in [3.8, 4) is 0 Å². The molecule has 2 rings (SSSR count). The molecule has 3 amide bonds. The van der Waals surface area contributed by atoms with Crippen molar-refractivity contribution in [1.29, 1.82) is 0 Å². The maximum Gasteiger partial charge on any atom is 0.322 e. The lowest BCUT2D eigenvalue weighted by atomic mass is 10.3. The fourth-order valence-electron chi connectivity index (χ4n) is 1.80. The molecule has 0 spiro atoms. The van der Waals surface area contributed by atoms with Gasteiger partial charge in [0, 0.05) is 24.5 Å². The number of nitrogen functional groups attached to an aromatic ring is 1. The van der Waals surface area contributed by atoms with Gasteiger partial charge in [-0.05, 0) is 24.6 Å². The first kappa shape index (κ1) is 12.2. The topological polar surface area (TPSA) is 87.5 Å². The van der Waals surface area contributed by atoms with E-state index in [9.17, 15) is 9.59 Å². The van der Waals surface area contributed by atoms with Crippen molar-refractivity contribution in [1.82, 2.24) is 10.2 Å². The first-order valence-corrected chi connectivity index (χ1v) is 5.83. The summed E-state index contributed by atoms with van der Waals surface area (Å²) >= 11 is 0. The fraction of sp³-hybridized carbons (Fsp3) is 0.333. The lowest BCUT2D eigenvalue weighted by Crippen LogP contribution is -2.39. The van der Waals surface area contributed by atoms with Crippen LogP contribution in [0.15, 0.2) is 24.3 Å². The zero-order valence-corrected chi connectivity index (χ0v) is 9.98. The van der Waals surface area contributed by atoms with E-state index in [1.165, 1.54) is 4.90 Å². The van der Waals surface area contributed by atoms with Gasteiger partial charge in [-0.2, -0.15) is 0 Å². The van der Waals surface area contributed by atoms with Gasteiger partial charge in [0.2, 0.25) is 5.91 Å². The minimum absolute atomic E-state index is 0.0914. The van der Waals surface area contributed by atoms with Gasteiger partial charge in [0.15, 0.2) is 0 Å². The normalized spacial score (nSPS) is 15.8. The van der Waals surface area contributed by atoms with Gasteiger partial charge in [-0.25, -0.2) is 4.79 Å². The second-order valence-corrected chi connectivity index (χ2v) is 4.18. The summed E-state index contributed by atoms with van der Waals surface area (Å²) in [6, 6.07) is 6.66. The van der Waals surface area contributed by atoms with Gasteiger partial charge in [0.1, 0.15) is 6.54 Å². The van der Waals surface area contributed by atoms with Gasteiger partial charge < -0.3 is 21.3 Å². The number of nitrogens with two attached hydrogens (primary N) is 1. The van der Waals surface area contributed by atoms with Gasteiger partial charge in [0.25, 0.3) is 0 Å². The Morgan fingerprint density at radius 1 is 1.44 bits per heavy atom. The van der Waals surface area contributed by atoms with E-state index in [2.05, 4.69) is 10.6 Å². The van der Waals surface area contributed by atoms with E-state index < -0.39 is 0 Å². The highest BCUT2D eigenvalue weighted by Crippen LogP contribution is 2.12. The Balaban J connectivity index is 2.00. The number of hydrogen-bond donors (Lipinski definition) is 3. The quantitative estimate of drug-likeness (QED) is 0.637.